The Hall–Kier alpha value is -1.14. The van der Waals surface area contributed by atoms with Crippen molar-refractivity contribution in [3.63, 3.8) is 0 Å². The molecule has 0 radical (unpaired) electrons. The van der Waals surface area contributed by atoms with Crippen LogP contribution in [0.4, 0.5) is 0 Å². The summed E-state index contributed by atoms with van der Waals surface area (Å²) in [6, 6.07) is -0.414. The Balaban J connectivity index is 2.69. The third-order valence-corrected chi connectivity index (χ3v) is 10.3. The molecule has 0 saturated carbocycles. The number of carbonyl (C=O) groups is 2. The Morgan fingerprint density at radius 3 is 2.41 bits per heavy atom. The summed E-state index contributed by atoms with van der Waals surface area (Å²) in [4.78, 5) is 24.4. The fourth-order valence-corrected chi connectivity index (χ4v) is 4.27. The number of esters is 1. The Bertz CT molecular complexity index is 551. The molecule has 0 aromatic heterocycles. The minimum atomic E-state index is -1.99. The number of carbonyl (C=O) groups excluding carboxylic acids is 2. The summed E-state index contributed by atoms with van der Waals surface area (Å²) in [6.07, 6.45) is 6.47. The molecule has 1 amide bonds. The van der Waals surface area contributed by atoms with Gasteiger partial charge < -0.3 is 14.5 Å². The molecule has 3 atom stereocenters. The molecule has 156 valence electrons. The lowest BCUT2D eigenvalue weighted by molar-refractivity contribution is -0.144. The molecule has 1 rings (SSSR count). The molecular weight excluding hydrogens is 358 g/mol. The summed E-state index contributed by atoms with van der Waals surface area (Å²) in [7, 11) is -1.99. The molecule has 27 heavy (non-hydrogen) atoms. The molecule has 0 aliphatic carbocycles. The topological polar surface area (TPSA) is 64.6 Å². The van der Waals surface area contributed by atoms with Crippen molar-refractivity contribution in [3.05, 3.63) is 11.8 Å². The van der Waals surface area contributed by atoms with E-state index in [4.69, 9.17) is 9.16 Å². The van der Waals surface area contributed by atoms with E-state index in [2.05, 4.69) is 46.1 Å². The van der Waals surface area contributed by atoms with Crippen molar-refractivity contribution in [2.24, 2.45) is 5.92 Å². The summed E-state index contributed by atoms with van der Waals surface area (Å²) in [5.41, 5.74) is 0. The Morgan fingerprint density at radius 1 is 1.22 bits per heavy atom. The van der Waals surface area contributed by atoms with Gasteiger partial charge in [-0.2, -0.15) is 0 Å². The van der Waals surface area contributed by atoms with Gasteiger partial charge in [-0.15, -0.1) is 0 Å². The SMILES string of the molecule is CCCCCC[C@H](C)C(=O)OC1=CC(=O)N[C@H]1[C@@H](C)O[Si](C)(C)C(C)(C)C. The van der Waals surface area contributed by atoms with Crippen LogP contribution in [0.1, 0.15) is 73.6 Å². The molecule has 1 aliphatic heterocycles. The zero-order valence-electron chi connectivity index (χ0n) is 18.5. The average molecular weight is 398 g/mol. The first-order chi connectivity index (χ1) is 12.4. The van der Waals surface area contributed by atoms with Gasteiger partial charge in [-0.1, -0.05) is 60.3 Å². The first-order valence-corrected chi connectivity index (χ1v) is 13.2. The monoisotopic (exact) mass is 397 g/mol. The van der Waals surface area contributed by atoms with E-state index in [1.54, 1.807) is 0 Å². The molecule has 5 nitrogen and oxygen atoms in total. The second-order valence-electron chi connectivity index (χ2n) is 9.29. The number of nitrogens with one attached hydrogen (secondary N) is 1. The van der Waals surface area contributed by atoms with Gasteiger partial charge >= 0.3 is 5.97 Å². The lowest BCUT2D eigenvalue weighted by atomic mass is 10.0. The smallest absolute Gasteiger partial charge is 0.313 e. The largest absolute Gasteiger partial charge is 0.428 e. The van der Waals surface area contributed by atoms with Crippen LogP contribution < -0.4 is 5.32 Å². The highest BCUT2D eigenvalue weighted by molar-refractivity contribution is 6.74. The summed E-state index contributed by atoms with van der Waals surface area (Å²) in [6.45, 7) is 16.9. The minimum absolute atomic E-state index is 0.0669. The van der Waals surface area contributed by atoms with Crippen molar-refractivity contribution in [3.8, 4) is 0 Å². The van der Waals surface area contributed by atoms with Crippen molar-refractivity contribution in [1.82, 2.24) is 5.32 Å². The fraction of sp³-hybridized carbons (Fsp3) is 0.810. The van der Waals surface area contributed by atoms with Gasteiger partial charge in [0.05, 0.1) is 12.0 Å². The molecule has 1 N–H and O–H groups in total. The van der Waals surface area contributed by atoms with Gasteiger partial charge in [0.25, 0.3) is 0 Å². The van der Waals surface area contributed by atoms with E-state index in [-0.39, 0.29) is 28.9 Å². The van der Waals surface area contributed by atoms with Crippen LogP contribution in [-0.2, 0) is 18.8 Å². The van der Waals surface area contributed by atoms with Gasteiger partial charge in [-0.25, -0.2) is 0 Å². The van der Waals surface area contributed by atoms with Crippen molar-refractivity contribution >= 4 is 20.2 Å². The first-order valence-electron chi connectivity index (χ1n) is 10.3. The van der Waals surface area contributed by atoms with E-state index in [0.717, 1.165) is 19.3 Å². The summed E-state index contributed by atoms with van der Waals surface area (Å²) in [5, 5.41) is 2.94. The molecule has 0 unspecified atom stereocenters. The Kier molecular flexibility index (Phi) is 8.74. The molecule has 6 heteroatoms. The Labute approximate surface area is 166 Å². The number of amides is 1. The molecular formula is C21H39NO4Si. The lowest BCUT2D eigenvalue weighted by Gasteiger charge is -2.40. The normalized spacial score (nSPS) is 20.1. The van der Waals surface area contributed by atoms with Gasteiger partial charge in [0, 0.05) is 6.08 Å². The number of hydrogen-bond acceptors (Lipinski definition) is 4. The van der Waals surface area contributed by atoms with Crippen molar-refractivity contribution in [1.29, 1.82) is 0 Å². The second-order valence-corrected chi connectivity index (χ2v) is 14.0. The van der Waals surface area contributed by atoms with Crippen LogP contribution >= 0.6 is 0 Å². The van der Waals surface area contributed by atoms with Crippen LogP contribution in [0.2, 0.25) is 18.1 Å². The zero-order valence-corrected chi connectivity index (χ0v) is 19.5. The van der Waals surface area contributed by atoms with E-state index >= 15 is 0 Å². The predicted molar refractivity (Wildman–Crippen MR) is 112 cm³/mol. The molecule has 1 aliphatic rings. The third kappa shape index (κ3) is 7.07. The van der Waals surface area contributed by atoms with E-state index in [1.165, 1.54) is 18.9 Å². The maximum Gasteiger partial charge on any atom is 0.313 e. The number of rotatable bonds is 10. The number of hydrogen-bond donors (Lipinski definition) is 1. The standard InChI is InChI=1S/C21H39NO4Si/c1-9-10-11-12-13-15(2)20(24)25-17-14-18(23)22-19(17)16(3)26-27(7,8)21(4,5)6/h14-16,19H,9-13H2,1-8H3,(H,22,23)/t15-,16+,19-/m0/s1. The number of unbranched alkanes of at least 4 members (excludes halogenated alkanes) is 3. The molecule has 0 bridgehead atoms. The average Bonchev–Trinajstić information content (AvgIpc) is 2.90. The van der Waals surface area contributed by atoms with E-state index < -0.39 is 14.4 Å². The number of ether oxygens (including phenoxy) is 1. The van der Waals surface area contributed by atoms with Gasteiger partial charge in [0.15, 0.2) is 8.32 Å². The highest BCUT2D eigenvalue weighted by atomic mass is 28.4. The van der Waals surface area contributed by atoms with Gasteiger partial charge in [0.2, 0.25) is 5.91 Å². The summed E-state index contributed by atoms with van der Waals surface area (Å²) in [5.74, 6) is -0.282. The van der Waals surface area contributed by atoms with E-state index in [9.17, 15) is 9.59 Å². The predicted octanol–water partition coefficient (Wildman–Crippen LogP) is 4.93. The molecule has 0 aromatic carbocycles. The maximum atomic E-state index is 12.4. The van der Waals surface area contributed by atoms with Crippen LogP contribution in [0.25, 0.3) is 0 Å². The first kappa shape index (κ1) is 23.9. The van der Waals surface area contributed by atoms with Crippen LogP contribution in [0.3, 0.4) is 0 Å². The quantitative estimate of drug-likeness (QED) is 0.322. The molecule has 0 aromatic rings. The molecule has 0 saturated heterocycles. The van der Waals surface area contributed by atoms with Crippen LogP contribution in [0.5, 0.6) is 0 Å². The molecule has 1 heterocycles. The van der Waals surface area contributed by atoms with Crippen LogP contribution in [0, 0.1) is 5.92 Å². The van der Waals surface area contributed by atoms with Crippen molar-refractivity contribution < 1.29 is 18.8 Å². The van der Waals surface area contributed by atoms with Gasteiger partial charge in [0.1, 0.15) is 11.8 Å². The zero-order chi connectivity index (χ0) is 20.8. The van der Waals surface area contributed by atoms with Crippen molar-refractivity contribution in [2.45, 2.75) is 104 Å². The Morgan fingerprint density at radius 2 is 1.85 bits per heavy atom. The fourth-order valence-electron chi connectivity index (χ4n) is 2.85. The summed E-state index contributed by atoms with van der Waals surface area (Å²) < 4.78 is 12.0. The highest BCUT2D eigenvalue weighted by Crippen LogP contribution is 2.38. The van der Waals surface area contributed by atoms with Crippen LogP contribution in [-0.4, -0.2) is 32.3 Å². The lowest BCUT2D eigenvalue weighted by Crippen LogP contribution is -2.49. The second kappa shape index (κ2) is 9.87. The highest BCUT2D eigenvalue weighted by Gasteiger charge is 2.42. The van der Waals surface area contributed by atoms with Crippen molar-refractivity contribution in [2.75, 3.05) is 0 Å². The van der Waals surface area contributed by atoms with Gasteiger partial charge in [-0.05, 0) is 31.5 Å². The van der Waals surface area contributed by atoms with Crippen LogP contribution in [0.15, 0.2) is 11.8 Å². The molecule has 0 fully saturated rings. The molecule has 0 spiro atoms. The summed E-state index contributed by atoms with van der Waals surface area (Å²) >= 11 is 0. The minimum Gasteiger partial charge on any atom is -0.428 e. The van der Waals surface area contributed by atoms with E-state index in [1.807, 2.05) is 13.8 Å². The van der Waals surface area contributed by atoms with E-state index in [0.29, 0.717) is 5.76 Å². The maximum absolute atomic E-state index is 12.4. The third-order valence-electron chi connectivity index (χ3n) is 5.75. The van der Waals surface area contributed by atoms with Gasteiger partial charge in [-0.3, -0.25) is 9.59 Å².